The second-order valence-corrected chi connectivity index (χ2v) is 6.49. The molecule has 22 heavy (non-hydrogen) atoms. The van der Waals surface area contributed by atoms with Gasteiger partial charge >= 0.3 is 0 Å². The van der Waals surface area contributed by atoms with Crippen LogP contribution in [-0.4, -0.2) is 0 Å². The summed E-state index contributed by atoms with van der Waals surface area (Å²) in [4.78, 5) is 0. The zero-order valence-electron chi connectivity index (χ0n) is 13.2. The Morgan fingerprint density at radius 1 is 0.909 bits per heavy atom. The van der Waals surface area contributed by atoms with Crippen molar-refractivity contribution in [3.05, 3.63) is 58.4 Å². The Kier molecular flexibility index (Phi) is 4.32. The van der Waals surface area contributed by atoms with Crippen molar-refractivity contribution in [2.45, 2.75) is 58.0 Å². The van der Waals surface area contributed by atoms with Gasteiger partial charge in [0.05, 0.1) is 5.83 Å². The zero-order chi connectivity index (χ0) is 15.7. The highest BCUT2D eigenvalue weighted by atomic mass is 19.1. The van der Waals surface area contributed by atoms with Gasteiger partial charge in [-0.3, -0.25) is 0 Å². The Balaban J connectivity index is 1.71. The number of benzene rings is 1. The van der Waals surface area contributed by atoms with E-state index < -0.39 is 6.01 Å². The molecule has 3 rings (SSSR count). The maximum absolute atomic E-state index is 13.8. The fraction of sp³-hybridized carbons (Fsp3) is 0.474. The van der Waals surface area contributed by atoms with Gasteiger partial charge in [-0.1, -0.05) is 24.3 Å². The fourth-order valence-electron chi connectivity index (χ4n) is 3.25. The van der Waals surface area contributed by atoms with Gasteiger partial charge in [0.1, 0.15) is 6.10 Å². The number of ether oxygens (including phenoxy) is 1. The van der Waals surface area contributed by atoms with Crippen LogP contribution in [0.5, 0.6) is 0 Å². The molecule has 2 aliphatic rings. The van der Waals surface area contributed by atoms with E-state index in [4.69, 9.17) is 4.74 Å². The van der Waals surface area contributed by atoms with Crippen LogP contribution >= 0.6 is 0 Å². The topological polar surface area (TPSA) is 9.23 Å². The first-order valence-corrected chi connectivity index (χ1v) is 8.00. The minimum absolute atomic E-state index is 0.0404. The van der Waals surface area contributed by atoms with Crippen LogP contribution in [0.2, 0.25) is 0 Å². The van der Waals surface area contributed by atoms with Crippen LogP contribution in [-0.2, 0) is 4.74 Å². The number of halogens is 2. The molecule has 0 N–H and O–H groups in total. The summed E-state index contributed by atoms with van der Waals surface area (Å²) in [7, 11) is 0. The lowest BCUT2D eigenvalue weighted by Crippen LogP contribution is -2.10. The molecule has 0 aromatic heterocycles. The van der Waals surface area contributed by atoms with Gasteiger partial charge in [-0.05, 0) is 67.7 Å². The number of hydrogen-bond donors (Lipinski definition) is 0. The molecule has 1 heterocycles. The van der Waals surface area contributed by atoms with Crippen molar-refractivity contribution in [1.29, 1.82) is 0 Å². The standard InChI is InChI=1S/C19H22F2O/c1-12-3-5-16(11-17(12)20)14-6-8-15(9-7-14)18-10-4-13(2)19(21)22-18/h6-9,16,18H,3-5,10-11H2,1-2H3. The molecular formula is C19H22F2O. The van der Waals surface area contributed by atoms with E-state index in [9.17, 15) is 8.78 Å². The molecule has 0 saturated heterocycles. The summed E-state index contributed by atoms with van der Waals surface area (Å²) in [6.07, 6.45) is 3.66. The molecule has 0 radical (unpaired) electrons. The predicted molar refractivity (Wildman–Crippen MR) is 83.7 cm³/mol. The molecule has 1 aromatic rings. The van der Waals surface area contributed by atoms with Gasteiger partial charge in [0.25, 0.3) is 6.01 Å². The van der Waals surface area contributed by atoms with E-state index in [1.165, 1.54) is 0 Å². The maximum atomic E-state index is 13.8. The molecule has 2 unspecified atom stereocenters. The minimum Gasteiger partial charge on any atom is -0.463 e. The first-order valence-electron chi connectivity index (χ1n) is 8.00. The second-order valence-electron chi connectivity index (χ2n) is 6.49. The van der Waals surface area contributed by atoms with Gasteiger partial charge in [0.15, 0.2) is 0 Å². The van der Waals surface area contributed by atoms with Gasteiger partial charge in [0.2, 0.25) is 0 Å². The summed E-state index contributed by atoms with van der Waals surface area (Å²) in [6.45, 7) is 3.64. The summed E-state index contributed by atoms with van der Waals surface area (Å²) in [6, 6.07) is 7.64. The van der Waals surface area contributed by atoms with Crippen LogP contribution in [0.15, 0.2) is 47.3 Å². The van der Waals surface area contributed by atoms with E-state index in [1.54, 1.807) is 6.92 Å². The average molecular weight is 304 g/mol. The molecule has 1 nitrogen and oxygen atoms in total. The van der Waals surface area contributed by atoms with E-state index in [0.717, 1.165) is 42.4 Å². The maximum Gasteiger partial charge on any atom is 0.272 e. The molecule has 1 aromatic carbocycles. The van der Waals surface area contributed by atoms with E-state index in [-0.39, 0.29) is 17.8 Å². The summed E-state index contributed by atoms with van der Waals surface area (Å²) in [5, 5.41) is 0. The van der Waals surface area contributed by atoms with Crippen LogP contribution in [0.4, 0.5) is 8.78 Å². The first kappa shape index (κ1) is 15.3. The van der Waals surface area contributed by atoms with Crippen molar-refractivity contribution in [2.75, 3.05) is 0 Å². The lowest BCUT2D eigenvalue weighted by Gasteiger charge is -2.25. The lowest BCUT2D eigenvalue weighted by atomic mass is 9.84. The van der Waals surface area contributed by atoms with Crippen LogP contribution in [0.1, 0.15) is 69.1 Å². The zero-order valence-corrected chi connectivity index (χ0v) is 13.2. The number of allylic oxidation sites excluding steroid dienone is 3. The Bertz CT molecular complexity index is 558. The monoisotopic (exact) mass is 304 g/mol. The van der Waals surface area contributed by atoms with Crippen molar-refractivity contribution in [3.8, 4) is 0 Å². The van der Waals surface area contributed by atoms with E-state index >= 15 is 0 Å². The van der Waals surface area contributed by atoms with Crippen molar-refractivity contribution in [2.24, 2.45) is 0 Å². The van der Waals surface area contributed by atoms with Gasteiger partial charge in [-0.25, -0.2) is 4.39 Å². The largest absolute Gasteiger partial charge is 0.463 e. The third-order valence-electron chi connectivity index (χ3n) is 4.90. The molecular weight excluding hydrogens is 282 g/mol. The number of rotatable bonds is 2. The van der Waals surface area contributed by atoms with Crippen LogP contribution in [0, 0.1) is 0 Å². The highest BCUT2D eigenvalue weighted by molar-refractivity contribution is 5.30. The van der Waals surface area contributed by atoms with Gasteiger partial charge < -0.3 is 4.74 Å². The molecule has 1 aliphatic heterocycles. The third-order valence-corrected chi connectivity index (χ3v) is 4.90. The Hall–Kier alpha value is -1.64. The quantitative estimate of drug-likeness (QED) is 0.627. The smallest absolute Gasteiger partial charge is 0.272 e. The third kappa shape index (κ3) is 3.08. The minimum atomic E-state index is -0.435. The highest BCUT2D eigenvalue weighted by Gasteiger charge is 2.23. The fourth-order valence-corrected chi connectivity index (χ4v) is 3.25. The SMILES string of the molecule is CC1=C(F)CC(c2ccc(C3CCC(C)=C(F)O3)cc2)CC1. The predicted octanol–water partition coefficient (Wildman–Crippen LogP) is 6.25. The molecule has 3 heteroatoms. The van der Waals surface area contributed by atoms with E-state index in [0.29, 0.717) is 12.0 Å². The molecule has 1 aliphatic carbocycles. The van der Waals surface area contributed by atoms with Crippen molar-refractivity contribution in [3.63, 3.8) is 0 Å². The first-order chi connectivity index (χ1) is 10.5. The Morgan fingerprint density at radius 3 is 2.18 bits per heavy atom. The average Bonchev–Trinajstić information content (AvgIpc) is 2.53. The molecule has 0 saturated carbocycles. The molecule has 0 bridgehead atoms. The van der Waals surface area contributed by atoms with Gasteiger partial charge in [0, 0.05) is 6.42 Å². The van der Waals surface area contributed by atoms with Gasteiger partial charge in [-0.2, -0.15) is 4.39 Å². The van der Waals surface area contributed by atoms with Crippen molar-refractivity contribution in [1.82, 2.24) is 0 Å². The Labute approximate surface area is 130 Å². The summed E-state index contributed by atoms with van der Waals surface area (Å²) >= 11 is 0. The normalized spacial score (nSPS) is 26.2. The molecule has 2 atom stereocenters. The van der Waals surface area contributed by atoms with Crippen LogP contribution in [0.25, 0.3) is 0 Å². The van der Waals surface area contributed by atoms with Crippen molar-refractivity contribution < 1.29 is 13.5 Å². The molecule has 0 fully saturated rings. The second kappa shape index (κ2) is 6.23. The summed E-state index contributed by atoms with van der Waals surface area (Å²) in [5.41, 5.74) is 3.73. The van der Waals surface area contributed by atoms with Crippen LogP contribution in [0.3, 0.4) is 0 Å². The van der Waals surface area contributed by atoms with Crippen molar-refractivity contribution >= 4 is 0 Å². The lowest BCUT2D eigenvalue weighted by molar-refractivity contribution is 0.0442. The summed E-state index contributed by atoms with van der Waals surface area (Å²) < 4.78 is 32.7. The number of hydrogen-bond acceptors (Lipinski definition) is 1. The van der Waals surface area contributed by atoms with Crippen LogP contribution < -0.4 is 0 Å². The molecule has 0 spiro atoms. The highest BCUT2D eigenvalue weighted by Crippen LogP contribution is 2.38. The molecule has 0 amide bonds. The molecule has 118 valence electrons. The Morgan fingerprint density at radius 2 is 1.55 bits per heavy atom. The summed E-state index contributed by atoms with van der Waals surface area (Å²) in [5.74, 6) is 0.294. The van der Waals surface area contributed by atoms with E-state index in [2.05, 4.69) is 0 Å². The van der Waals surface area contributed by atoms with E-state index in [1.807, 2.05) is 31.2 Å². The van der Waals surface area contributed by atoms with Gasteiger partial charge in [-0.15, -0.1) is 0 Å².